The van der Waals surface area contributed by atoms with Crippen LogP contribution in [0.15, 0.2) is 0 Å². The van der Waals surface area contributed by atoms with E-state index in [1.807, 2.05) is 0 Å². The van der Waals surface area contributed by atoms with Crippen LogP contribution in [-0.4, -0.2) is 29.8 Å². The number of Topliss-reactive ketones (excluding diaryl/α,β-unsaturated/α-hetero) is 1. The first kappa shape index (κ1) is 15.7. The minimum absolute atomic E-state index is 0.206. The van der Waals surface area contributed by atoms with Gasteiger partial charge in [0.15, 0.2) is 0 Å². The van der Waals surface area contributed by atoms with Crippen LogP contribution in [-0.2, 0) is 4.79 Å². The van der Waals surface area contributed by atoms with Gasteiger partial charge in [-0.05, 0) is 46.1 Å². The van der Waals surface area contributed by atoms with E-state index < -0.39 is 0 Å². The van der Waals surface area contributed by atoms with Gasteiger partial charge in [-0.2, -0.15) is 0 Å². The molecular weight excluding hydrogens is 222 g/mol. The molecular formula is C16H31NO. The molecule has 0 heterocycles. The zero-order valence-electron chi connectivity index (χ0n) is 13.0. The number of carbonyl (C=O) groups excluding carboxylic acids is 1. The van der Waals surface area contributed by atoms with E-state index in [9.17, 15) is 4.79 Å². The maximum atomic E-state index is 12.1. The third kappa shape index (κ3) is 4.08. The summed E-state index contributed by atoms with van der Waals surface area (Å²) in [5.41, 5.74) is 0.206. The fourth-order valence-electron chi connectivity index (χ4n) is 2.90. The summed E-state index contributed by atoms with van der Waals surface area (Å²) >= 11 is 0. The highest BCUT2D eigenvalue weighted by Gasteiger charge is 2.31. The molecule has 0 aromatic carbocycles. The van der Waals surface area contributed by atoms with Crippen molar-refractivity contribution in [3.8, 4) is 0 Å². The zero-order valence-corrected chi connectivity index (χ0v) is 13.0. The van der Waals surface area contributed by atoms with Gasteiger partial charge in [-0.25, -0.2) is 0 Å². The summed E-state index contributed by atoms with van der Waals surface area (Å²) in [7, 11) is 2.17. The van der Waals surface area contributed by atoms with E-state index >= 15 is 0 Å². The smallest absolute Gasteiger partial charge is 0.137 e. The third-order valence-corrected chi connectivity index (χ3v) is 4.96. The summed E-state index contributed by atoms with van der Waals surface area (Å²) in [5, 5.41) is 0. The lowest BCUT2D eigenvalue weighted by Gasteiger charge is -2.39. The van der Waals surface area contributed by atoms with Gasteiger partial charge in [-0.15, -0.1) is 0 Å². The summed E-state index contributed by atoms with van der Waals surface area (Å²) in [4.78, 5) is 14.4. The molecule has 0 spiro atoms. The van der Waals surface area contributed by atoms with Gasteiger partial charge >= 0.3 is 0 Å². The van der Waals surface area contributed by atoms with Gasteiger partial charge in [0.25, 0.3) is 0 Å². The topological polar surface area (TPSA) is 20.3 Å². The van der Waals surface area contributed by atoms with Gasteiger partial charge in [-0.3, -0.25) is 4.79 Å². The maximum Gasteiger partial charge on any atom is 0.137 e. The van der Waals surface area contributed by atoms with Crippen molar-refractivity contribution in [2.24, 2.45) is 11.8 Å². The molecule has 0 saturated heterocycles. The molecule has 1 aliphatic carbocycles. The first-order chi connectivity index (χ1) is 8.40. The van der Waals surface area contributed by atoms with E-state index in [-0.39, 0.29) is 11.5 Å². The molecule has 0 aromatic rings. The number of ketones is 1. The number of hydrogen-bond donors (Lipinski definition) is 0. The second-order valence-corrected chi connectivity index (χ2v) is 6.64. The number of carbonyl (C=O) groups is 1. The Bertz CT molecular complexity index is 272. The van der Waals surface area contributed by atoms with Crippen molar-refractivity contribution >= 4 is 5.78 Å². The van der Waals surface area contributed by atoms with Gasteiger partial charge in [0, 0.05) is 24.4 Å². The lowest BCUT2D eigenvalue weighted by atomic mass is 9.78. The van der Waals surface area contributed by atoms with E-state index in [0.29, 0.717) is 5.78 Å². The largest absolute Gasteiger partial charge is 0.301 e. The Hall–Kier alpha value is -0.370. The molecule has 0 aliphatic heterocycles. The molecule has 1 saturated carbocycles. The highest BCUT2D eigenvalue weighted by atomic mass is 16.1. The molecule has 0 bridgehead atoms. The second-order valence-electron chi connectivity index (χ2n) is 6.64. The molecule has 1 aliphatic rings. The predicted molar refractivity (Wildman–Crippen MR) is 77.7 cm³/mol. The van der Waals surface area contributed by atoms with Crippen molar-refractivity contribution in [1.82, 2.24) is 4.90 Å². The van der Waals surface area contributed by atoms with Crippen LogP contribution in [0.25, 0.3) is 0 Å². The molecule has 0 amide bonds. The zero-order chi connectivity index (χ0) is 13.8. The van der Waals surface area contributed by atoms with Crippen LogP contribution in [0, 0.1) is 11.8 Å². The fraction of sp³-hybridized carbons (Fsp3) is 0.938. The second kappa shape index (κ2) is 6.70. The summed E-state index contributed by atoms with van der Waals surface area (Å²) in [5.74, 6) is 1.57. The highest BCUT2D eigenvalue weighted by Crippen LogP contribution is 2.31. The van der Waals surface area contributed by atoms with Crippen LogP contribution in [0.5, 0.6) is 0 Å². The molecule has 0 aromatic heterocycles. The lowest BCUT2D eigenvalue weighted by molar-refractivity contribution is -0.126. The van der Waals surface area contributed by atoms with E-state index in [0.717, 1.165) is 38.1 Å². The molecule has 0 N–H and O–H groups in total. The normalized spacial score (nSPS) is 25.8. The average Bonchev–Trinajstić information content (AvgIpc) is 2.33. The minimum atomic E-state index is 0.206. The van der Waals surface area contributed by atoms with Gasteiger partial charge in [0.05, 0.1) is 0 Å². The van der Waals surface area contributed by atoms with Crippen molar-refractivity contribution in [1.29, 1.82) is 0 Å². The molecule has 1 rings (SSSR count). The van der Waals surface area contributed by atoms with E-state index in [1.165, 1.54) is 12.8 Å². The Morgan fingerprint density at radius 3 is 2.56 bits per heavy atom. The first-order valence-electron chi connectivity index (χ1n) is 7.64. The van der Waals surface area contributed by atoms with Crippen LogP contribution < -0.4 is 0 Å². The van der Waals surface area contributed by atoms with Gasteiger partial charge in [0.2, 0.25) is 0 Å². The molecule has 2 atom stereocenters. The quantitative estimate of drug-likeness (QED) is 0.715. The Kier molecular flexibility index (Phi) is 5.84. The van der Waals surface area contributed by atoms with Crippen LogP contribution >= 0.6 is 0 Å². The molecule has 18 heavy (non-hydrogen) atoms. The summed E-state index contributed by atoms with van der Waals surface area (Å²) < 4.78 is 0. The number of nitrogens with zero attached hydrogens (tertiary/aromatic N) is 1. The lowest BCUT2D eigenvalue weighted by Crippen LogP contribution is -2.45. The summed E-state index contributed by atoms with van der Waals surface area (Å²) in [6.07, 6.45) is 6.74. The average molecular weight is 253 g/mol. The number of rotatable bonds is 6. The van der Waals surface area contributed by atoms with Crippen molar-refractivity contribution in [2.75, 3.05) is 13.6 Å². The predicted octanol–water partition coefficient (Wildman–Crippen LogP) is 3.89. The monoisotopic (exact) mass is 253 g/mol. The van der Waals surface area contributed by atoms with E-state index in [4.69, 9.17) is 0 Å². The molecule has 2 unspecified atom stereocenters. The van der Waals surface area contributed by atoms with Gasteiger partial charge in [0.1, 0.15) is 5.78 Å². The van der Waals surface area contributed by atoms with Crippen molar-refractivity contribution < 1.29 is 4.79 Å². The van der Waals surface area contributed by atoms with Gasteiger partial charge < -0.3 is 4.90 Å². The highest BCUT2D eigenvalue weighted by molar-refractivity contribution is 5.81. The Balaban J connectivity index is 2.55. The summed E-state index contributed by atoms with van der Waals surface area (Å²) in [6.45, 7) is 9.95. The van der Waals surface area contributed by atoms with Crippen LogP contribution in [0.2, 0.25) is 0 Å². The molecule has 0 radical (unpaired) electrons. The molecule has 2 heteroatoms. The molecule has 106 valence electrons. The maximum absolute atomic E-state index is 12.1. The van der Waals surface area contributed by atoms with Crippen LogP contribution in [0.1, 0.15) is 66.2 Å². The molecule has 1 fully saturated rings. The Morgan fingerprint density at radius 1 is 1.33 bits per heavy atom. The fourth-order valence-corrected chi connectivity index (χ4v) is 2.90. The van der Waals surface area contributed by atoms with E-state index in [2.05, 4.69) is 39.6 Å². The number of hydrogen-bond acceptors (Lipinski definition) is 2. The molecule has 2 nitrogen and oxygen atoms in total. The Morgan fingerprint density at radius 2 is 2.00 bits per heavy atom. The van der Waals surface area contributed by atoms with Crippen molar-refractivity contribution in [2.45, 2.75) is 71.8 Å². The minimum Gasteiger partial charge on any atom is -0.301 e. The van der Waals surface area contributed by atoms with Gasteiger partial charge in [-0.1, -0.05) is 26.7 Å². The standard InChI is InChI=1S/C16H31NO/c1-6-8-13-9-10-15(18)14(11-13)12-17(5)16(3,4)7-2/h13-14H,6-12H2,1-5H3. The van der Waals surface area contributed by atoms with Crippen molar-refractivity contribution in [3.63, 3.8) is 0 Å². The third-order valence-electron chi connectivity index (χ3n) is 4.96. The summed E-state index contributed by atoms with van der Waals surface area (Å²) in [6, 6.07) is 0. The van der Waals surface area contributed by atoms with Crippen molar-refractivity contribution in [3.05, 3.63) is 0 Å². The van der Waals surface area contributed by atoms with Crippen LogP contribution in [0.3, 0.4) is 0 Å². The van der Waals surface area contributed by atoms with E-state index in [1.54, 1.807) is 0 Å². The van der Waals surface area contributed by atoms with Crippen LogP contribution in [0.4, 0.5) is 0 Å². The SMILES string of the molecule is CCCC1CCC(=O)C(CN(C)C(C)(C)CC)C1. The Labute approximate surface area is 113 Å². The first-order valence-corrected chi connectivity index (χ1v) is 7.64.